The molecule has 0 aromatic heterocycles. The Labute approximate surface area is 251 Å². The van der Waals surface area contributed by atoms with Crippen molar-refractivity contribution in [2.24, 2.45) is 16.8 Å². The summed E-state index contributed by atoms with van der Waals surface area (Å²) < 4.78 is 0. The normalized spacial score (nSPS) is 20.4. The van der Waals surface area contributed by atoms with E-state index >= 15 is 0 Å². The maximum Gasteiger partial charge on any atom is 0.0451 e. The van der Waals surface area contributed by atoms with Gasteiger partial charge in [-0.15, -0.1) is 0 Å². The van der Waals surface area contributed by atoms with Gasteiger partial charge >= 0.3 is 0 Å². The fourth-order valence-corrected chi connectivity index (χ4v) is 6.17. The second-order valence-corrected chi connectivity index (χ2v) is 12.2. The highest BCUT2D eigenvalue weighted by Gasteiger charge is 2.28. The lowest BCUT2D eigenvalue weighted by Crippen LogP contribution is -2.17. The number of rotatable bonds is 10. The number of hydrogen-bond donors (Lipinski definition) is 0. The van der Waals surface area contributed by atoms with Crippen LogP contribution in [0.3, 0.4) is 0 Å². The van der Waals surface area contributed by atoms with Gasteiger partial charge in [-0.25, -0.2) is 0 Å². The molecule has 0 N–H and O–H groups in total. The van der Waals surface area contributed by atoms with Crippen molar-refractivity contribution < 1.29 is 0 Å². The van der Waals surface area contributed by atoms with Gasteiger partial charge in [-0.1, -0.05) is 98.7 Å². The number of hydrogen-bond acceptors (Lipinski definition) is 1. The maximum atomic E-state index is 4.91. The summed E-state index contributed by atoms with van der Waals surface area (Å²) in [6, 6.07) is 14.0. The maximum absolute atomic E-state index is 4.91. The quantitative estimate of drug-likeness (QED) is 0.262. The van der Waals surface area contributed by atoms with Gasteiger partial charge in [0.15, 0.2) is 0 Å². The third kappa shape index (κ3) is 8.41. The average molecular weight is 548 g/mol. The molecule has 0 saturated heterocycles. The molecule has 1 heteroatoms. The SMILES string of the molecule is C=C(CCC)C1=CC(/C(C)=C/C=C\C)CC(C)C(=NC)/C1=C(/C)CCc1ccc(Cc2cc(C)c(C)c(C)c2)cc1. The van der Waals surface area contributed by atoms with E-state index in [2.05, 4.69) is 123 Å². The molecular weight excluding hydrogens is 494 g/mol. The van der Waals surface area contributed by atoms with E-state index < -0.39 is 0 Å². The zero-order valence-electron chi connectivity index (χ0n) is 27.3. The van der Waals surface area contributed by atoms with Crippen molar-refractivity contribution in [3.05, 3.63) is 129 Å². The Balaban J connectivity index is 1.89. The minimum atomic E-state index is 0.389. The molecule has 1 nitrogen and oxygen atoms in total. The molecule has 0 fully saturated rings. The smallest absolute Gasteiger partial charge is 0.0451 e. The number of nitrogens with zero attached hydrogens (tertiary/aromatic N) is 1. The van der Waals surface area contributed by atoms with Gasteiger partial charge in [0.1, 0.15) is 0 Å². The summed E-state index contributed by atoms with van der Waals surface area (Å²) in [7, 11) is 1.97. The first kappa shape index (κ1) is 32.3. The van der Waals surface area contributed by atoms with Crippen LogP contribution in [-0.4, -0.2) is 12.8 Å². The number of aryl methyl sites for hydroxylation is 3. The van der Waals surface area contributed by atoms with E-state index in [1.807, 2.05) is 7.05 Å². The van der Waals surface area contributed by atoms with Crippen molar-refractivity contribution >= 4 is 5.71 Å². The Morgan fingerprint density at radius 2 is 1.61 bits per heavy atom. The molecule has 0 amide bonds. The van der Waals surface area contributed by atoms with Crippen LogP contribution in [0.25, 0.3) is 0 Å². The van der Waals surface area contributed by atoms with Gasteiger partial charge in [-0.05, 0) is 130 Å². The van der Waals surface area contributed by atoms with Gasteiger partial charge in [-0.3, -0.25) is 4.99 Å². The van der Waals surface area contributed by atoms with Crippen LogP contribution in [0.15, 0.2) is 100 Å². The van der Waals surface area contributed by atoms with Gasteiger partial charge in [0.25, 0.3) is 0 Å². The molecule has 2 unspecified atom stereocenters. The Morgan fingerprint density at radius 1 is 0.976 bits per heavy atom. The second-order valence-electron chi connectivity index (χ2n) is 12.2. The van der Waals surface area contributed by atoms with E-state index in [-0.39, 0.29) is 0 Å². The molecule has 2 aromatic carbocycles. The molecular formula is C40H53N. The molecule has 0 spiro atoms. The summed E-state index contributed by atoms with van der Waals surface area (Å²) in [6.45, 7) is 22.5. The van der Waals surface area contributed by atoms with Gasteiger partial charge < -0.3 is 0 Å². The molecule has 0 aliphatic heterocycles. The molecule has 0 radical (unpaired) electrons. The second kappa shape index (κ2) is 15.2. The Kier molecular flexibility index (Phi) is 11.9. The Morgan fingerprint density at radius 3 is 2.20 bits per heavy atom. The van der Waals surface area contributed by atoms with E-state index in [0.29, 0.717) is 11.8 Å². The van der Waals surface area contributed by atoms with Crippen LogP contribution in [0.2, 0.25) is 0 Å². The molecule has 218 valence electrons. The van der Waals surface area contributed by atoms with Crippen LogP contribution in [0.1, 0.15) is 93.7 Å². The monoisotopic (exact) mass is 547 g/mol. The highest BCUT2D eigenvalue weighted by Crippen LogP contribution is 2.38. The van der Waals surface area contributed by atoms with Crippen LogP contribution >= 0.6 is 0 Å². The molecule has 2 aromatic rings. The molecule has 0 saturated carbocycles. The van der Waals surface area contributed by atoms with E-state index in [0.717, 1.165) is 38.5 Å². The van der Waals surface area contributed by atoms with E-state index in [1.54, 1.807) is 0 Å². The molecule has 1 aliphatic rings. The summed E-state index contributed by atoms with van der Waals surface area (Å²) >= 11 is 0. The van der Waals surface area contributed by atoms with Gasteiger partial charge in [0.05, 0.1) is 0 Å². The van der Waals surface area contributed by atoms with Crippen molar-refractivity contribution in [3.63, 3.8) is 0 Å². The van der Waals surface area contributed by atoms with Crippen molar-refractivity contribution in [2.75, 3.05) is 7.05 Å². The lowest BCUT2D eigenvalue weighted by atomic mass is 9.85. The van der Waals surface area contributed by atoms with Crippen LogP contribution in [0.4, 0.5) is 0 Å². The van der Waals surface area contributed by atoms with Crippen LogP contribution < -0.4 is 0 Å². The zero-order valence-corrected chi connectivity index (χ0v) is 27.3. The predicted octanol–water partition coefficient (Wildman–Crippen LogP) is 11.0. The fourth-order valence-electron chi connectivity index (χ4n) is 6.17. The summed E-state index contributed by atoms with van der Waals surface area (Å²) in [4.78, 5) is 4.91. The summed E-state index contributed by atoms with van der Waals surface area (Å²) in [5.74, 6) is 0.779. The van der Waals surface area contributed by atoms with Crippen LogP contribution in [0.5, 0.6) is 0 Å². The van der Waals surface area contributed by atoms with E-state index in [1.165, 1.54) is 67.0 Å². The van der Waals surface area contributed by atoms with Crippen LogP contribution in [-0.2, 0) is 12.8 Å². The van der Waals surface area contributed by atoms with Crippen LogP contribution in [0, 0.1) is 32.6 Å². The Bertz CT molecular complexity index is 1350. The molecule has 0 heterocycles. The highest BCUT2D eigenvalue weighted by atomic mass is 14.7. The van der Waals surface area contributed by atoms with Crippen molar-refractivity contribution in [3.8, 4) is 0 Å². The number of allylic oxidation sites excluding steroid dienone is 9. The standard InChI is InChI=1S/C40H53N/c1-11-13-15-27(3)37-24-32(8)40(41-10)39(38(26-37)28(4)14-12-2)29(5)16-17-34-18-20-35(21-19-34)25-36-22-30(6)33(9)31(7)23-36/h11,13,15,18-23,26,32,37H,4,12,14,16-17,24-25H2,1-3,5-10H3/b13-11-,27-15+,39-29-,41-40?. The first-order valence-corrected chi connectivity index (χ1v) is 15.6. The fraction of sp³-hybridized carbons (Fsp3) is 0.425. The minimum absolute atomic E-state index is 0.389. The van der Waals surface area contributed by atoms with Crippen molar-refractivity contribution in [1.82, 2.24) is 0 Å². The Hall–Kier alpha value is -3.19. The molecule has 0 bridgehead atoms. The first-order valence-electron chi connectivity index (χ1n) is 15.6. The van der Waals surface area contributed by atoms with E-state index in [4.69, 9.17) is 4.99 Å². The molecule has 2 atom stereocenters. The minimum Gasteiger partial charge on any atom is -0.292 e. The summed E-state index contributed by atoms with van der Waals surface area (Å²) in [5.41, 5.74) is 16.3. The average Bonchev–Trinajstić information content (AvgIpc) is 3.10. The third-order valence-electron chi connectivity index (χ3n) is 8.91. The van der Waals surface area contributed by atoms with Crippen molar-refractivity contribution in [1.29, 1.82) is 0 Å². The number of benzene rings is 2. The molecule has 41 heavy (non-hydrogen) atoms. The molecule has 3 rings (SSSR count). The highest BCUT2D eigenvalue weighted by molar-refractivity contribution is 6.07. The van der Waals surface area contributed by atoms with Gasteiger partial charge in [0, 0.05) is 18.3 Å². The van der Waals surface area contributed by atoms with Crippen molar-refractivity contribution in [2.45, 2.75) is 93.9 Å². The zero-order chi connectivity index (χ0) is 30.1. The number of aliphatic imine (C=N–C) groups is 1. The lowest BCUT2D eigenvalue weighted by molar-refractivity contribution is 0.589. The first-order chi connectivity index (χ1) is 19.6. The topological polar surface area (TPSA) is 12.4 Å². The lowest BCUT2D eigenvalue weighted by Gasteiger charge is -2.21. The van der Waals surface area contributed by atoms with E-state index in [9.17, 15) is 0 Å². The predicted molar refractivity (Wildman–Crippen MR) is 182 cm³/mol. The largest absolute Gasteiger partial charge is 0.292 e. The molecule has 1 aliphatic carbocycles. The summed E-state index contributed by atoms with van der Waals surface area (Å²) in [6.07, 6.45) is 15.3. The summed E-state index contributed by atoms with van der Waals surface area (Å²) in [5, 5.41) is 0. The van der Waals surface area contributed by atoms with Gasteiger partial charge in [0.2, 0.25) is 0 Å². The third-order valence-corrected chi connectivity index (χ3v) is 8.91. The van der Waals surface area contributed by atoms with Gasteiger partial charge in [-0.2, -0.15) is 0 Å².